The quantitative estimate of drug-likeness (QED) is 0.563. The molecular formula is C16H23N3O6S. The zero-order chi connectivity index (χ0) is 19.7. The number of sulfonamides is 1. The summed E-state index contributed by atoms with van der Waals surface area (Å²) in [6.07, 6.45) is 0.766. The first kappa shape index (κ1) is 21.6. The van der Waals surface area contributed by atoms with Crippen LogP contribution in [0.25, 0.3) is 0 Å². The van der Waals surface area contributed by atoms with Gasteiger partial charge >= 0.3 is 12.0 Å². The molecule has 0 aliphatic carbocycles. The van der Waals surface area contributed by atoms with Gasteiger partial charge < -0.3 is 10.1 Å². The van der Waals surface area contributed by atoms with E-state index < -0.39 is 34.5 Å². The van der Waals surface area contributed by atoms with Crippen molar-refractivity contribution in [3.63, 3.8) is 0 Å². The summed E-state index contributed by atoms with van der Waals surface area (Å²) in [6.45, 7) is 3.75. The summed E-state index contributed by atoms with van der Waals surface area (Å²) < 4.78 is 30.4. The highest BCUT2D eigenvalue weighted by Crippen LogP contribution is 2.12. The zero-order valence-electron chi connectivity index (χ0n) is 14.9. The lowest BCUT2D eigenvalue weighted by molar-refractivity contribution is -0.123. The molecule has 9 nitrogen and oxygen atoms in total. The second-order valence-corrected chi connectivity index (χ2v) is 7.68. The standard InChI is InChI=1S/C16H23N3O6S/c1-11(2)7-8-18-16(22)19-14(20)10-25-15(21)12-5-4-6-13(9-12)26(23,24)17-3/h4-6,9,11,17H,7-8,10H2,1-3H3,(H2,18,19,20,22). The maximum atomic E-state index is 11.9. The van der Waals surface area contributed by atoms with Gasteiger partial charge in [0.05, 0.1) is 10.5 Å². The van der Waals surface area contributed by atoms with Crippen molar-refractivity contribution in [2.24, 2.45) is 5.92 Å². The van der Waals surface area contributed by atoms with Gasteiger partial charge in [-0.25, -0.2) is 22.7 Å². The third-order valence-electron chi connectivity index (χ3n) is 3.24. The number of hydrogen-bond donors (Lipinski definition) is 3. The van der Waals surface area contributed by atoms with Gasteiger partial charge in [-0.2, -0.15) is 0 Å². The van der Waals surface area contributed by atoms with Crippen LogP contribution in [0.1, 0.15) is 30.6 Å². The summed E-state index contributed by atoms with van der Waals surface area (Å²) in [5, 5.41) is 4.54. The van der Waals surface area contributed by atoms with E-state index in [1.807, 2.05) is 19.2 Å². The molecule has 1 rings (SSSR count). The molecule has 0 spiro atoms. The molecule has 26 heavy (non-hydrogen) atoms. The summed E-state index contributed by atoms with van der Waals surface area (Å²) in [5.41, 5.74) is -0.0319. The summed E-state index contributed by atoms with van der Waals surface area (Å²) in [7, 11) is -2.46. The highest BCUT2D eigenvalue weighted by molar-refractivity contribution is 7.89. The minimum Gasteiger partial charge on any atom is -0.452 e. The Morgan fingerprint density at radius 3 is 2.50 bits per heavy atom. The molecule has 0 bridgehead atoms. The highest BCUT2D eigenvalue weighted by Gasteiger charge is 2.16. The van der Waals surface area contributed by atoms with E-state index in [1.54, 1.807) is 0 Å². The van der Waals surface area contributed by atoms with Gasteiger partial charge in [-0.05, 0) is 37.6 Å². The molecule has 0 radical (unpaired) electrons. The molecule has 3 N–H and O–H groups in total. The van der Waals surface area contributed by atoms with Crippen molar-refractivity contribution in [1.29, 1.82) is 0 Å². The fraction of sp³-hybridized carbons (Fsp3) is 0.438. The number of carbonyl (C=O) groups excluding carboxylic acids is 3. The largest absolute Gasteiger partial charge is 0.452 e. The molecule has 0 saturated heterocycles. The molecule has 1 aromatic rings. The third kappa shape index (κ3) is 7.19. The number of ether oxygens (including phenoxy) is 1. The number of imide groups is 1. The van der Waals surface area contributed by atoms with E-state index in [-0.39, 0.29) is 10.5 Å². The van der Waals surface area contributed by atoms with Crippen LogP contribution in [-0.4, -0.2) is 46.5 Å². The molecule has 3 amide bonds. The number of nitrogens with one attached hydrogen (secondary N) is 3. The Morgan fingerprint density at radius 1 is 1.19 bits per heavy atom. The van der Waals surface area contributed by atoms with E-state index in [9.17, 15) is 22.8 Å². The Labute approximate surface area is 152 Å². The van der Waals surface area contributed by atoms with E-state index in [2.05, 4.69) is 10.0 Å². The van der Waals surface area contributed by atoms with Gasteiger partial charge in [-0.15, -0.1) is 0 Å². The van der Waals surface area contributed by atoms with Gasteiger partial charge in [0.1, 0.15) is 0 Å². The molecule has 0 saturated carbocycles. The summed E-state index contributed by atoms with van der Waals surface area (Å²) in [6, 6.07) is 4.51. The second-order valence-electron chi connectivity index (χ2n) is 5.80. The van der Waals surface area contributed by atoms with Crippen molar-refractivity contribution in [3.8, 4) is 0 Å². The molecule has 0 heterocycles. The van der Waals surface area contributed by atoms with Crippen molar-refractivity contribution >= 4 is 27.9 Å². The molecule has 0 aromatic heterocycles. The van der Waals surface area contributed by atoms with Crippen LogP contribution in [0.2, 0.25) is 0 Å². The van der Waals surface area contributed by atoms with E-state index in [1.165, 1.54) is 25.2 Å². The van der Waals surface area contributed by atoms with E-state index in [0.717, 1.165) is 12.5 Å². The van der Waals surface area contributed by atoms with Crippen molar-refractivity contribution in [3.05, 3.63) is 29.8 Å². The maximum Gasteiger partial charge on any atom is 0.338 e. The molecule has 10 heteroatoms. The van der Waals surface area contributed by atoms with Crippen LogP contribution >= 0.6 is 0 Å². The summed E-state index contributed by atoms with van der Waals surface area (Å²) in [4.78, 5) is 34.9. The number of esters is 1. The van der Waals surface area contributed by atoms with E-state index >= 15 is 0 Å². The third-order valence-corrected chi connectivity index (χ3v) is 4.66. The first-order valence-electron chi connectivity index (χ1n) is 7.94. The first-order valence-corrected chi connectivity index (χ1v) is 9.42. The predicted molar refractivity (Wildman–Crippen MR) is 94.0 cm³/mol. The SMILES string of the molecule is CNS(=O)(=O)c1cccc(C(=O)OCC(=O)NC(=O)NCCC(C)C)c1. The van der Waals surface area contributed by atoms with Crippen molar-refractivity contribution < 1.29 is 27.5 Å². The number of benzene rings is 1. The van der Waals surface area contributed by atoms with Crippen LogP contribution in [0.5, 0.6) is 0 Å². The topological polar surface area (TPSA) is 131 Å². The van der Waals surface area contributed by atoms with Crippen LogP contribution in [0, 0.1) is 5.92 Å². The fourth-order valence-corrected chi connectivity index (χ4v) is 2.58. The molecule has 0 aliphatic heterocycles. The zero-order valence-corrected chi connectivity index (χ0v) is 15.7. The smallest absolute Gasteiger partial charge is 0.338 e. The van der Waals surface area contributed by atoms with Gasteiger partial charge in [0.15, 0.2) is 6.61 Å². The van der Waals surface area contributed by atoms with Gasteiger partial charge in [0.2, 0.25) is 10.0 Å². The Balaban J connectivity index is 2.52. The van der Waals surface area contributed by atoms with E-state index in [0.29, 0.717) is 12.5 Å². The number of rotatable bonds is 8. The molecule has 0 atom stereocenters. The predicted octanol–water partition coefficient (Wildman–Crippen LogP) is 0.623. The molecule has 144 valence electrons. The Kier molecular flexibility index (Phi) is 8.20. The summed E-state index contributed by atoms with van der Waals surface area (Å²) in [5.74, 6) is -1.26. The maximum absolute atomic E-state index is 11.9. The molecule has 0 fully saturated rings. The minimum atomic E-state index is -3.71. The minimum absolute atomic E-state index is 0.0319. The lowest BCUT2D eigenvalue weighted by atomic mass is 10.1. The number of carbonyl (C=O) groups is 3. The molecule has 0 unspecified atom stereocenters. The lowest BCUT2D eigenvalue weighted by Gasteiger charge is -2.09. The Hall–Kier alpha value is -2.46. The molecular weight excluding hydrogens is 362 g/mol. The number of urea groups is 1. The van der Waals surface area contributed by atoms with Gasteiger partial charge in [0, 0.05) is 6.54 Å². The van der Waals surface area contributed by atoms with E-state index in [4.69, 9.17) is 4.74 Å². The summed E-state index contributed by atoms with van der Waals surface area (Å²) >= 11 is 0. The van der Waals surface area contributed by atoms with Crippen LogP contribution in [0.4, 0.5) is 4.79 Å². The van der Waals surface area contributed by atoms with Crippen molar-refractivity contribution in [1.82, 2.24) is 15.4 Å². The van der Waals surface area contributed by atoms with Crippen LogP contribution in [0.15, 0.2) is 29.2 Å². The monoisotopic (exact) mass is 385 g/mol. The van der Waals surface area contributed by atoms with Gasteiger partial charge in [-0.3, -0.25) is 10.1 Å². The number of hydrogen-bond acceptors (Lipinski definition) is 6. The second kappa shape index (κ2) is 9.88. The average Bonchev–Trinajstić information content (AvgIpc) is 2.59. The average molecular weight is 385 g/mol. The Bertz CT molecular complexity index is 761. The van der Waals surface area contributed by atoms with Crippen molar-refractivity contribution in [2.45, 2.75) is 25.2 Å². The van der Waals surface area contributed by atoms with Crippen LogP contribution in [-0.2, 0) is 19.6 Å². The van der Waals surface area contributed by atoms with Crippen LogP contribution in [0.3, 0.4) is 0 Å². The first-order chi connectivity index (χ1) is 12.2. The van der Waals surface area contributed by atoms with Gasteiger partial charge in [0.25, 0.3) is 5.91 Å². The normalized spacial score (nSPS) is 11.1. The molecule has 0 aliphatic rings. The Morgan fingerprint density at radius 2 is 1.88 bits per heavy atom. The van der Waals surface area contributed by atoms with Crippen LogP contribution < -0.4 is 15.4 Å². The van der Waals surface area contributed by atoms with Crippen molar-refractivity contribution in [2.75, 3.05) is 20.2 Å². The molecule has 1 aromatic carbocycles. The number of amides is 3. The fourth-order valence-electron chi connectivity index (χ4n) is 1.80. The highest BCUT2D eigenvalue weighted by atomic mass is 32.2. The lowest BCUT2D eigenvalue weighted by Crippen LogP contribution is -2.42. The van der Waals surface area contributed by atoms with Gasteiger partial charge in [-0.1, -0.05) is 19.9 Å².